The van der Waals surface area contributed by atoms with E-state index in [1.807, 2.05) is 48.5 Å². The summed E-state index contributed by atoms with van der Waals surface area (Å²) < 4.78 is 23.7. The third-order valence-electron chi connectivity index (χ3n) is 4.80. The molecule has 2 aromatic carbocycles. The van der Waals surface area contributed by atoms with Crippen LogP contribution in [0.15, 0.2) is 60.7 Å². The Kier molecular flexibility index (Phi) is 5.59. The third kappa shape index (κ3) is 4.02. The Bertz CT molecular complexity index is 786. The number of rotatable bonds is 4. The van der Waals surface area contributed by atoms with Crippen molar-refractivity contribution in [1.29, 1.82) is 0 Å². The molecule has 0 bridgehead atoms. The predicted octanol–water partition coefficient (Wildman–Crippen LogP) is 1.77. The molecule has 2 N–H and O–H groups in total. The molecule has 7 nitrogen and oxygen atoms in total. The molecule has 0 aromatic heterocycles. The molecule has 148 valence electrons. The minimum absolute atomic E-state index is 0.239. The van der Waals surface area contributed by atoms with Crippen LogP contribution >= 0.6 is 0 Å². The summed E-state index contributed by atoms with van der Waals surface area (Å²) >= 11 is 0. The molecule has 2 fully saturated rings. The number of fused-ring (bicyclic) bond motifs is 1. The first-order valence-electron chi connectivity index (χ1n) is 9.26. The van der Waals surface area contributed by atoms with Crippen molar-refractivity contribution in [2.45, 2.75) is 43.9 Å². The average molecular weight is 385 g/mol. The maximum Gasteiger partial charge on any atom is 0.223 e. The number of para-hydroxylation sites is 1. The van der Waals surface area contributed by atoms with E-state index < -0.39 is 36.9 Å². The maximum atomic E-state index is 11.7. The average Bonchev–Trinajstić information content (AvgIpc) is 2.72. The second kappa shape index (κ2) is 8.28. The van der Waals surface area contributed by atoms with Gasteiger partial charge in [-0.25, -0.2) is 0 Å². The Hall–Kier alpha value is -2.45. The van der Waals surface area contributed by atoms with Gasteiger partial charge in [0.15, 0.2) is 6.29 Å². The quantitative estimate of drug-likeness (QED) is 0.834. The lowest BCUT2D eigenvalue weighted by molar-refractivity contribution is -0.333. The standard InChI is InChI=1S/C21H23NO6/c1-13(23)22-17-18(24)19-16(27-21(17)26-15-10-6-3-7-11-15)12-25-20(28-19)14-8-4-2-5-9-14/h2-11,16-21,24H,12H2,1H3,(H,22,23)/t16-,17-,18-,19-,20+,21-/m1/s1. The highest BCUT2D eigenvalue weighted by Crippen LogP contribution is 2.34. The van der Waals surface area contributed by atoms with Crippen molar-refractivity contribution < 1.29 is 28.8 Å². The van der Waals surface area contributed by atoms with E-state index in [9.17, 15) is 9.90 Å². The van der Waals surface area contributed by atoms with E-state index in [0.29, 0.717) is 5.75 Å². The number of hydrogen-bond acceptors (Lipinski definition) is 6. The zero-order valence-corrected chi connectivity index (χ0v) is 15.4. The normalized spacial score (nSPS) is 32.2. The summed E-state index contributed by atoms with van der Waals surface area (Å²) in [4.78, 5) is 11.7. The number of aliphatic hydroxyl groups excluding tert-OH is 1. The fourth-order valence-corrected chi connectivity index (χ4v) is 3.49. The molecular formula is C21H23NO6. The molecule has 6 atom stereocenters. The Morgan fingerprint density at radius 2 is 1.75 bits per heavy atom. The summed E-state index contributed by atoms with van der Waals surface area (Å²) in [6, 6.07) is 17.8. The van der Waals surface area contributed by atoms with Crippen LogP contribution in [0.2, 0.25) is 0 Å². The van der Waals surface area contributed by atoms with Crippen LogP contribution < -0.4 is 10.1 Å². The van der Waals surface area contributed by atoms with E-state index in [1.165, 1.54) is 6.92 Å². The van der Waals surface area contributed by atoms with Gasteiger partial charge in [0, 0.05) is 12.5 Å². The molecular weight excluding hydrogens is 362 g/mol. The highest BCUT2D eigenvalue weighted by molar-refractivity contribution is 5.73. The lowest BCUT2D eigenvalue weighted by Crippen LogP contribution is -2.67. The summed E-state index contributed by atoms with van der Waals surface area (Å²) in [5, 5.41) is 13.7. The molecule has 2 heterocycles. The highest BCUT2D eigenvalue weighted by Gasteiger charge is 2.50. The topological polar surface area (TPSA) is 86.3 Å². The fourth-order valence-electron chi connectivity index (χ4n) is 3.49. The molecule has 4 rings (SSSR count). The van der Waals surface area contributed by atoms with Gasteiger partial charge in [0.2, 0.25) is 12.2 Å². The number of amides is 1. The molecule has 2 saturated heterocycles. The van der Waals surface area contributed by atoms with Crippen molar-refractivity contribution in [1.82, 2.24) is 5.32 Å². The van der Waals surface area contributed by atoms with Crippen LogP contribution in [-0.2, 0) is 19.0 Å². The van der Waals surface area contributed by atoms with Gasteiger partial charge in [-0.15, -0.1) is 0 Å². The molecule has 0 aliphatic carbocycles. The van der Waals surface area contributed by atoms with Crippen molar-refractivity contribution in [3.8, 4) is 5.75 Å². The smallest absolute Gasteiger partial charge is 0.223 e. The van der Waals surface area contributed by atoms with Crippen LogP contribution in [0.25, 0.3) is 0 Å². The van der Waals surface area contributed by atoms with E-state index in [-0.39, 0.29) is 12.5 Å². The van der Waals surface area contributed by atoms with E-state index in [0.717, 1.165) is 5.56 Å². The van der Waals surface area contributed by atoms with Crippen LogP contribution in [0.3, 0.4) is 0 Å². The molecule has 2 aromatic rings. The largest absolute Gasteiger partial charge is 0.463 e. The van der Waals surface area contributed by atoms with E-state index in [4.69, 9.17) is 18.9 Å². The highest BCUT2D eigenvalue weighted by atomic mass is 16.7. The number of hydrogen-bond donors (Lipinski definition) is 2. The fraction of sp³-hybridized carbons (Fsp3) is 0.381. The van der Waals surface area contributed by atoms with E-state index >= 15 is 0 Å². The van der Waals surface area contributed by atoms with Gasteiger partial charge in [0.25, 0.3) is 0 Å². The molecule has 0 spiro atoms. The van der Waals surface area contributed by atoms with E-state index in [2.05, 4.69) is 5.32 Å². The van der Waals surface area contributed by atoms with Gasteiger partial charge in [-0.1, -0.05) is 48.5 Å². The first-order chi connectivity index (χ1) is 13.6. The lowest BCUT2D eigenvalue weighted by Gasteiger charge is -2.47. The summed E-state index contributed by atoms with van der Waals surface area (Å²) in [5.74, 6) is 0.285. The summed E-state index contributed by atoms with van der Waals surface area (Å²) in [6.07, 6.45) is -3.68. The molecule has 1 amide bonds. The Morgan fingerprint density at radius 3 is 2.43 bits per heavy atom. The summed E-state index contributed by atoms with van der Waals surface area (Å²) in [7, 11) is 0. The number of benzene rings is 2. The molecule has 2 aliphatic rings. The van der Waals surface area contributed by atoms with Crippen molar-refractivity contribution >= 4 is 5.91 Å². The number of carbonyl (C=O) groups is 1. The van der Waals surface area contributed by atoms with Crippen LogP contribution in [0, 0.1) is 0 Å². The van der Waals surface area contributed by atoms with E-state index in [1.54, 1.807) is 12.1 Å². The first-order valence-corrected chi connectivity index (χ1v) is 9.26. The monoisotopic (exact) mass is 385 g/mol. The molecule has 0 radical (unpaired) electrons. The van der Waals surface area contributed by atoms with Crippen molar-refractivity contribution in [3.63, 3.8) is 0 Å². The van der Waals surface area contributed by atoms with Gasteiger partial charge >= 0.3 is 0 Å². The SMILES string of the molecule is CC(=O)N[C@H]1[C@H](Oc2ccccc2)O[C@@H]2CO[C@H](c3ccccc3)O[C@H]2[C@@H]1O. The molecule has 0 unspecified atom stereocenters. The number of aliphatic hydroxyl groups is 1. The Morgan fingerprint density at radius 1 is 1.07 bits per heavy atom. The Balaban J connectivity index is 1.53. The van der Waals surface area contributed by atoms with Crippen molar-refractivity contribution in [2.75, 3.05) is 6.61 Å². The van der Waals surface area contributed by atoms with Gasteiger partial charge in [0.1, 0.15) is 30.1 Å². The second-order valence-electron chi connectivity index (χ2n) is 6.87. The molecule has 28 heavy (non-hydrogen) atoms. The van der Waals surface area contributed by atoms with Gasteiger partial charge < -0.3 is 29.4 Å². The number of carbonyl (C=O) groups excluding carboxylic acids is 1. The number of ether oxygens (including phenoxy) is 4. The van der Waals surface area contributed by atoms with Crippen molar-refractivity contribution in [2.24, 2.45) is 0 Å². The minimum Gasteiger partial charge on any atom is -0.463 e. The van der Waals surface area contributed by atoms with Crippen molar-refractivity contribution in [3.05, 3.63) is 66.2 Å². The molecule has 0 saturated carbocycles. The second-order valence-corrected chi connectivity index (χ2v) is 6.87. The third-order valence-corrected chi connectivity index (χ3v) is 4.80. The first kappa shape index (κ1) is 18.9. The zero-order valence-electron chi connectivity index (χ0n) is 15.4. The summed E-state index contributed by atoms with van der Waals surface area (Å²) in [6.45, 7) is 1.62. The van der Waals surface area contributed by atoms with Gasteiger partial charge in [0.05, 0.1) is 6.61 Å². The van der Waals surface area contributed by atoms with Crippen LogP contribution in [0.4, 0.5) is 0 Å². The van der Waals surface area contributed by atoms with Crippen LogP contribution in [0.1, 0.15) is 18.8 Å². The van der Waals surface area contributed by atoms with Gasteiger partial charge in [-0.2, -0.15) is 0 Å². The maximum absolute atomic E-state index is 11.7. The van der Waals surface area contributed by atoms with Crippen LogP contribution in [-0.4, -0.2) is 48.3 Å². The Labute approximate surface area is 163 Å². The summed E-state index contributed by atoms with van der Waals surface area (Å²) in [5.41, 5.74) is 0.854. The lowest BCUT2D eigenvalue weighted by atomic mass is 9.95. The zero-order chi connectivity index (χ0) is 19.5. The van der Waals surface area contributed by atoms with Gasteiger partial charge in [-0.05, 0) is 12.1 Å². The molecule has 2 aliphatic heterocycles. The minimum atomic E-state index is -1.02. The number of nitrogens with one attached hydrogen (secondary N) is 1. The van der Waals surface area contributed by atoms with Gasteiger partial charge in [-0.3, -0.25) is 4.79 Å². The molecule has 7 heteroatoms. The predicted molar refractivity (Wildman–Crippen MR) is 99.4 cm³/mol. The van der Waals surface area contributed by atoms with Crippen LogP contribution in [0.5, 0.6) is 5.75 Å².